The van der Waals surface area contributed by atoms with Gasteiger partial charge in [-0.2, -0.15) is 0 Å². The summed E-state index contributed by atoms with van der Waals surface area (Å²) in [6.07, 6.45) is 6.26. The third-order valence-electron chi connectivity index (χ3n) is 7.07. The number of methoxy groups -OCH3 is 1. The van der Waals surface area contributed by atoms with E-state index < -0.39 is 16.1 Å². The molecule has 208 valence electrons. The van der Waals surface area contributed by atoms with Gasteiger partial charge in [0, 0.05) is 25.6 Å². The minimum atomic E-state index is -3.52. The minimum absolute atomic E-state index is 0.126. The number of ether oxygens (including phenoxy) is 1. The fourth-order valence-corrected chi connectivity index (χ4v) is 5.90. The van der Waals surface area contributed by atoms with Crippen molar-refractivity contribution in [3.05, 3.63) is 59.7 Å². The fraction of sp³-hybridized carbons (Fsp3) is 0.517. The van der Waals surface area contributed by atoms with Gasteiger partial charge in [-0.05, 0) is 62.4 Å². The van der Waals surface area contributed by atoms with E-state index in [0.29, 0.717) is 18.5 Å². The Kier molecular flexibility index (Phi) is 10.6. The highest BCUT2D eigenvalue weighted by molar-refractivity contribution is 7.92. The molecule has 2 aromatic rings. The van der Waals surface area contributed by atoms with Gasteiger partial charge in [-0.1, -0.05) is 49.6 Å². The molecule has 0 unspecified atom stereocenters. The van der Waals surface area contributed by atoms with E-state index in [2.05, 4.69) is 5.32 Å². The molecule has 9 heteroatoms. The Bertz CT molecular complexity index is 1160. The Labute approximate surface area is 227 Å². The molecule has 0 radical (unpaired) electrons. The Hall–Kier alpha value is -3.07. The third-order valence-corrected chi connectivity index (χ3v) is 8.27. The lowest BCUT2D eigenvalue weighted by atomic mass is 10.1. The van der Waals surface area contributed by atoms with Crippen molar-refractivity contribution in [2.24, 2.45) is 0 Å². The molecule has 2 aromatic carbocycles. The number of nitrogens with one attached hydrogen (secondary N) is 1. The van der Waals surface area contributed by atoms with Gasteiger partial charge in [0.2, 0.25) is 21.8 Å². The molecule has 0 spiro atoms. The molecular formula is C29H41N3O5S. The molecule has 1 saturated carbocycles. The average molecular weight is 544 g/mol. The zero-order valence-corrected chi connectivity index (χ0v) is 23.8. The van der Waals surface area contributed by atoms with Crippen LogP contribution in [0.2, 0.25) is 0 Å². The first-order valence-electron chi connectivity index (χ1n) is 13.4. The molecule has 1 atom stereocenters. The summed E-state index contributed by atoms with van der Waals surface area (Å²) >= 11 is 0. The topological polar surface area (TPSA) is 96.0 Å². The van der Waals surface area contributed by atoms with Crippen LogP contribution in [0.4, 0.5) is 5.69 Å². The van der Waals surface area contributed by atoms with Crippen molar-refractivity contribution in [2.45, 2.75) is 77.4 Å². The second kappa shape index (κ2) is 13.6. The first-order valence-corrected chi connectivity index (χ1v) is 15.2. The lowest BCUT2D eigenvalue weighted by Gasteiger charge is -2.32. The Morgan fingerprint density at radius 1 is 1.05 bits per heavy atom. The van der Waals surface area contributed by atoms with Crippen molar-refractivity contribution in [1.29, 1.82) is 0 Å². The van der Waals surface area contributed by atoms with Gasteiger partial charge in [0.15, 0.2) is 0 Å². The van der Waals surface area contributed by atoms with E-state index in [9.17, 15) is 18.0 Å². The summed E-state index contributed by atoms with van der Waals surface area (Å²) in [5.41, 5.74) is 2.50. The number of nitrogens with zero attached hydrogens (tertiary/aromatic N) is 2. The van der Waals surface area contributed by atoms with Gasteiger partial charge in [0.25, 0.3) is 0 Å². The van der Waals surface area contributed by atoms with E-state index in [1.165, 1.54) is 10.6 Å². The normalized spacial score (nSPS) is 14.6. The summed E-state index contributed by atoms with van der Waals surface area (Å²) in [6.45, 7) is 4.32. The van der Waals surface area contributed by atoms with Crippen LogP contribution in [0.5, 0.6) is 5.75 Å². The van der Waals surface area contributed by atoms with Gasteiger partial charge in [-0.15, -0.1) is 0 Å². The minimum Gasteiger partial charge on any atom is -0.497 e. The zero-order chi connectivity index (χ0) is 27.7. The summed E-state index contributed by atoms with van der Waals surface area (Å²) in [5.74, 6) is 0.417. The standard InChI is InChI=1S/C29H41N3O5S/c1-5-27(29(34)30-24-9-6-7-10-24)31(21-23-14-18-26(37-3)19-15-23)28(33)11-8-20-32(38(4,35)36)25-16-12-22(2)13-17-25/h12-19,24,27H,5-11,20-21H2,1-4H3,(H,30,34)/t27-/m0/s1. The summed E-state index contributed by atoms with van der Waals surface area (Å²) in [6, 6.07) is 14.3. The molecule has 0 aliphatic heterocycles. The van der Waals surface area contributed by atoms with E-state index in [4.69, 9.17) is 4.74 Å². The summed E-state index contributed by atoms with van der Waals surface area (Å²) in [5, 5.41) is 3.15. The zero-order valence-electron chi connectivity index (χ0n) is 23.0. The second-order valence-electron chi connectivity index (χ2n) is 10.1. The lowest BCUT2D eigenvalue weighted by Crippen LogP contribution is -2.51. The monoisotopic (exact) mass is 543 g/mol. The van der Waals surface area contributed by atoms with Crippen LogP contribution < -0.4 is 14.4 Å². The van der Waals surface area contributed by atoms with E-state index >= 15 is 0 Å². The predicted molar refractivity (Wildman–Crippen MR) is 151 cm³/mol. The Morgan fingerprint density at radius 3 is 2.24 bits per heavy atom. The first-order chi connectivity index (χ1) is 18.1. The number of carbonyl (C=O) groups is 2. The third kappa shape index (κ3) is 8.21. The molecule has 3 rings (SSSR count). The molecule has 1 N–H and O–H groups in total. The predicted octanol–water partition coefficient (Wildman–Crippen LogP) is 4.42. The number of hydrogen-bond acceptors (Lipinski definition) is 5. The van der Waals surface area contributed by atoms with Crippen LogP contribution >= 0.6 is 0 Å². The van der Waals surface area contributed by atoms with Crippen LogP contribution in [-0.2, 0) is 26.2 Å². The number of sulfonamides is 1. The Balaban J connectivity index is 1.75. The van der Waals surface area contributed by atoms with E-state index in [-0.39, 0.29) is 37.4 Å². The van der Waals surface area contributed by atoms with Gasteiger partial charge in [-0.25, -0.2) is 8.42 Å². The van der Waals surface area contributed by atoms with Crippen LogP contribution in [0, 0.1) is 6.92 Å². The van der Waals surface area contributed by atoms with Crippen LogP contribution in [0.1, 0.15) is 63.0 Å². The summed E-state index contributed by atoms with van der Waals surface area (Å²) in [7, 11) is -1.92. The van der Waals surface area contributed by atoms with E-state index in [1.807, 2.05) is 50.2 Å². The lowest BCUT2D eigenvalue weighted by molar-refractivity contribution is -0.141. The highest BCUT2D eigenvalue weighted by atomic mass is 32.2. The second-order valence-corrected chi connectivity index (χ2v) is 12.0. The molecule has 0 saturated heterocycles. The number of anilines is 1. The molecule has 0 aromatic heterocycles. The van der Waals surface area contributed by atoms with Gasteiger partial charge in [0.05, 0.1) is 19.1 Å². The number of amides is 2. The first kappa shape index (κ1) is 29.5. The molecule has 1 aliphatic rings. The number of aryl methyl sites for hydroxylation is 1. The van der Waals surface area contributed by atoms with Crippen molar-refractivity contribution in [3.8, 4) is 5.75 Å². The number of benzene rings is 2. The molecule has 0 bridgehead atoms. The maximum atomic E-state index is 13.6. The SMILES string of the molecule is CC[C@@H](C(=O)NC1CCCC1)N(Cc1ccc(OC)cc1)C(=O)CCCN(c1ccc(C)cc1)S(C)(=O)=O. The van der Waals surface area contributed by atoms with Crippen molar-refractivity contribution in [1.82, 2.24) is 10.2 Å². The number of rotatable bonds is 13. The number of carbonyl (C=O) groups excluding carboxylic acids is 2. The number of hydrogen-bond donors (Lipinski definition) is 1. The van der Waals surface area contributed by atoms with Crippen molar-refractivity contribution < 1.29 is 22.7 Å². The Morgan fingerprint density at radius 2 is 1.68 bits per heavy atom. The molecule has 1 aliphatic carbocycles. The van der Waals surface area contributed by atoms with Gasteiger partial charge < -0.3 is 15.0 Å². The van der Waals surface area contributed by atoms with Crippen LogP contribution in [-0.4, -0.2) is 57.1 Å². The summed E-state index contributed by atoms with van der Waals surface area (Å²) < 4.78 is 31.6. The van der Waals surface area contributed by atoms with Gasteiger partial charge >= 0.3 is 0 Å². The fourth-order valence-electron chi connectivity index (χ4n) is 4.93. The van der Waals surface area contributed by atoms with Gasteiger partial charge in [-0.3, -0.25) is 13.9 Å². The van der Waals surface area contributed by atoms with Crippen molar-refractivity contribution in [2.75, 3.05) is 24.2 Å². The average Bonchev–Trinajstić information content (AvgIpc) is 3.40. The van der Waals surface area contributed by atoms with Crippen molar-refractivity contribution >= 4 is 27.5 Å². The highest BCUT2D eigenvalue weighted by Gasteiger charge is 2.30. The van der Waals surface area contributed by atoms with Gasteiger partial charge in [0.1, 0.15) is 11.8 Å². The molecular weight excluding hydrogens is 502 g/mol. The van der Waals surface area contributed by atoms with Crippen LogP contribution in [0.3, 0.4) is 0 Å². The quantitative estimate of drug-likeness (QED) is 0.404. The molecule has 1 fully saturated rings. The van der Waals surface area contributed by atoms with Crippen LogP contribution in [0.15, 0.2) is 48.5 Å². The largest absolute Gasteiger partial charge is 0.497 e. The molecule has 38 heavy (non-hydrogen) atoms. The smallest absolute Gasteiger partial charge is 0.243 e. The summed E-state index contributed by atoms with van der Waals surface area (Å²) in [4.78, 5) is 28.5. The van der Waals surface area contributed by atoms with Crippen molar-refractivity contribution in [3.63, 3.8) is 0 Å². The highest BCUT2D eigenvalue weighted by Crippen LogP contribution is 2.22. The molecule has 0 heterocycles. The van der Waals surface area contributed by atoms with E-state index in [0.717, 1.165) is 42.6 Å². The maximum Gasteiger partial charge on any atom is 0.243 e. The maximum absolute atomic E-state index is 13.6. The van der Waals surface area contributed by atoms with Crippen LogP contribution in [0.25, 0.3) is 0 Å². The molecule has 8 nitrogen and oxygen atoms in total. The molecule has 2 amide bonds. The van der Waals surface area contributed by atoms with E-state index in [1.54, 1.807) is 24.1 Å².